The zero-order valence-electron chi connectivity index (χ0n) is 15.6. The number of ether oxygens (including phenoxy) is 1. The number of allylic oxidation sites excluding steroid dienone is 1. The fourth-order valence-corrected chi connectivity index (χ4v) is 3.28. The molecule has 1 aromatic rings. The average molecular weight is 375 g/mol. The Morgan fingerprint density at radius 2 is 1.88 bits per heavy atom. The summed E-state index contributed by atoms with van der Waals surface area (Å²) < 4.78 is 5.26. The molecule has 2 rings (SSSR count). The molecular weight excluding hydrogens is 350 g/mol. The van der Waals surface area contributed by atoms with Crippen LogP contribution in [0.25, 0.3) is 0 Å². The zero-order valence-corrected chi connectivity index (χ0v) is 16.4. The van der Waals surface area contributed by atoms with Crippen LogP contribution in [0.5, 0.6) is 0 Å². The summed E-state index contributed by atoms with van der Waals surface area (Å²) in [6, 6.07) is 7.00. The molecule has 1 amide bonds. The van der Waals surface area contributed by atoms with Gasteiger partial charge >= 0.3 is 5.97 Å². The van der Waals surface area contributed by atoms with Gasteiger partial charge in [0.1, 0.15) is 0 Å². The second kappa shape index (κ2) is 8.80. The predicted octanol–water partition coefficient (Wildman–Crippen LogP) is 3.12. The van der Waals surface area contributed by atoms with Crippen molar-refractivity contribution in [3.05, 3.63) is 41.1 Å². The van der Waals surface area contributed by atoms with E-state index in [2.05, 4.69) is 10.6 Å². The van der Waals surface area contributed by atoms with Crippen LogP contribution in [0, 0.1) is 0 Å². The molecule has 1 aliphatic heterocycles. The van der Waals surface area contributed by atoms with Gasteiger partial charge in [-0.15, -0.1) is 0 Å². The standard InChI is InChI=1S/C19H25N3O3S/c1-5-15(23)20-14-10-8-13(9-11-14)17-16(18(24)25-7-3)12(4)22(6-2)19(26)21-17/h8-11,17H,5-7H2,1-4H3,(H,20,23)(H,21,26). The normalized spacial score (nSPS) is 17.0. The summed E-state index contributed by atoms with van der Waals surface area (Å²) >= 11 is 5.45. The topological polar surface area (TPSA) is 70.7 Å². The molecule has 1 aliphatic rings. The van der Waals surface area contributed by atoms with E-state index in [1.54, 1.807) is 13.8 Å². The molecule has 1 unspecified atom stereocenters. The van der Waals surface area contributed by atoms with E-state index in [1.165, 1.54) is 0 Å². The average Bonchev–Trinajstić information content (AvgIpc) is 2.62. The molecule has 0 aromatic heterocycles. The number of carbonyl (C=O) groups excluding carboxylic acids is 2. The maximum absolute atomic E-state index is 12.6. The number of nitrogens with zero attached hydrogens (tertiary/aromatic N) is 1. The van der Waals surface area contributed by atoms with Gasteiger partial charge in [-0.25, -0.2) is 4.79 Å². The first kappa shape index (κ1) is 19.9. The largest absolute Gasteiger partial charge is 0.463 e. The first-order chi connectivity index (χ1) is 12.4. The Morgan fingerprint density at radius 1 is 1.23 bits per heavy atom. The molecular formula is C19H25N3O3S. The summed E-state index contributed by atoms with van der Waals surface area (Å²) in [7, 11) is 0. The van der Waals surface area contributed by atoms with Gasteiger partial charge in [0.15, 0.2) is 5.11 Å². The Kier molecular flexibility index (Phi) is 6.74. The van der Waals surface area contributed by atoms with Crippen molar-refractivity contribution in [1.29, 1.82) is 0 Å². The highest BCUT2D eigenvalue weighted by molar-refractivity contribution is 7.80. The molecule has 26 heavy (non-hydrogen) atoms. The smallest absolute Gasteiger partial charge is 0.338 e. The van der Waals surface area contributed by atoms with Crippen molar-refractivity contribution in [2.75, 3.05) is 18.5 Å². The third-order valence-corrected chi connectivity index (χ3v) is 4.60. The van der Waals surface area contributed by atoms with Gasteiger partial charge in [0.05, 0.1) is 18.2 Å². The second-order valence-electron chi connectivity index (χ2n) is 5.87. The van der Waals surface area contributed by atoms with Crippen LogP contribution in [0.2, 0.25) is 0 Å². The number of nitrogens with one attached hydrogen (secondary N) is 2. The highest BCUT2D eigenvalue weighted by Gasteiger charge is 2.34. The van der Waals surface area contributed by atoms with Crippen LogP contribution in [0.4, 0.5) is 5.69 Å². The fraction of sp³-hybridized carbons (Fsp3) is 0.421. The highest BCUT2D eigenvalue weighted by atomic mass is 32.1. The molecule has 140 valence electrons. The molecule has 1 aromatic carbocycles. The van der Waals surface area contributed by atoms with Crippen LogP contribution in [0.1, 0.15) is 45.7 Å². The van der Waals surface area contributed by atoms with Crippen LogP contribution >= 0.6 is 12.2 Å². The van der Waals surface area contributed by atoms with E-state index in [-0.39, 0.29) is 17.9 Å². The van der Waals surface area contributed by atoms with E-state index in [1.807, 2.05) is 43.0 Å². The lowest BCUT2D eigenvalue weighted by atomic mass is 9.95. The van der Waals surface area contributed by atoms with E-state index >= 15 is 0 Å². The van der Waals surface area contributed by atoms with Crippen molar-refractivity contribution in [2.24, 2.45) is 0 Å². The Balaban J connectivity index is 2.38. The van der Waals surface area contributed by atoms with Gasteiger partial charge in [-0.1, -0.05) is 19.1 Å². The van der Waals surface area contributed by atoms with Crippen molar-refractivity contribution in [2.45, 2.75) is 40.2 Å². The molecule has 0 aliphatic carbocycles. The van der Waals surface area contributed by atoms with Crippen LogP contribution < -0.4 is 10.6 Å². The van der Waals surface area contributed by atoms with Gasteiger partial charge < -0.3 is 20.3 Å². The summed E-state index contributed by atoms with van der Waals surface area (Å²) in [6.07, 6.45) is 0.419. The molecule has 2 N–H and O–H groups in total. The summed E-state index contributed by atoms with van der Waals surface area (Å²) in [5.41, 5.74) is 2.93. The summed E-state index contributed by atoms with van der Waals surface area (Å²) in [4.78, 5) is 26.0. The lowest BCUT2D eigenvalue weighted by molar-refractivity contribution is -0.139. The Morgan fingerprint density at radius 3 is 2.42 bits per heavy atom. The molecule has 6 nitrogen and oxygen atoms in total. The third-order valence-electron chi connectivity index (χ3n) is 4.26. The second-order valence-corrected chi connectivity index (χ2v) is 6.26. The predicted molar refractivity (Wildman–Crippen MR) is 106 cm³/mol. The van der Waals surface area contributed by atoms with Gasteiger partial charge in [0.2, 0.25) is 5.91 Å². The number of benzene rings is 1. The number of amides is 1. The molecule has 0 bridgehead atoms. The third kappa shape index (κ3) is 4.22. The summed E-state index contributed by atoms with van der Waals surface area (Å²) in [5.74, 6) is -0.400. The highest BCUT2D eigenvalue weighted by Crippen LogP contribution is 2.31. The maximum atomic E-state index is 12.6. The fourth-order valence-electron chi connectivity index (χ4n) is 2.89. The van der Waals surface area contributed by atoms with Gasteiger partial charge in [-0.2, -0.15) is 0 Å². The van der Waals surface area contributed by atoms with Crippen LogP contribution in [0.3, 0.4) is 0 Å². The molecule has 1 atom stereocenters. The van der Waals surface area contributed by atoms with E-state index in [9.17, 15) is 9.59 Å². The number of thiocarbonyl (C=S) groups is 1. The van der Waals surface area contributed by atoms with Crippen molar-refractivity contribution in [3.63, 3.8) is 0 Å². The van der Waals surface area contributed by atoms with Crippen LogP contribution in [-0.2, 0) is 14.3 Å². The number of hydrogen-bond acceptors (Lipinski definition) is 4. The summed E-state index contributed by atoms with van der Waals surface area (Å²) in [5, 5.41) is 6.62. The van der Waals surface area contributed by atoms with Crippen LogP contribution in [0.15, 0.2) is 35.5 Å². The van der Waals surface area contributed by atoms with Crippen molar-refractivity contribution < 1.29 is 14.3 Å². The Labute approximate surface area is 159 Å². The van der Waals surface area contributed by atoms with Gasteiger partial charge in [-0.3, -0.25) is 4.79 Å². The molecule has 7 heteroatoms. The molecule has 0 saturated carbocycles. The number of rotatable bonds is 6. The number of hydrogen-bond donors (Lipinski definition) is 2. The Bertz CT molecular complexity index is 728. The van der Waals surface area contributed by atoms with E-state index in [0.717, 1.165) is 11.3 Å². The lowest BCUT2D eigenvalue weighted by Crippen LogP contribution is -2.47. The van der Waals surface area contributed by atoms with E-state index in [0.29, 0.717) is 35.9 Å². The monoisotopic (exact) mass is 375 g/mol. The van der Waals surface area contributed by atoms with Gasteiger partial charge in [0, 0.05) is 24.4 Å². The number of esters is 1. The zero-order chi connectivity index (χ0) is 19.3. The first-order valence-corrected chi connectivity index (χ1v) is 9.19. The Hall–Kier alpha value is -2.41. The summed E-state index contributed by atoms with van der Waals surface area (Å²) in [6.45, 7) is 8.41. The minimum Gasteiger partial charge on any atom is -0.463 e. The number of carbonyl (C=O) groups is 2. The van der Waals surface area contributed by atoms with Crippen molar-refractivity contribution >= 4 is 34.9 Å². The van der Waals surface area contributed by atoms with E-state index < -0.39 is 0 Å². The quantitative estimate of drug-likeness (QED) is 0.588. The molecule has 0 spiro atoms. The van der Waals surface area contributed by atoms with Crippen molar-refractivity contribution in [1.82, 2.24) is 10.2 Å². The first-order valence-electron chi connectivity index (χ1n) is 8.78. The SMILES string of the molecule is CCOC(=O)C1=C(C)N(CC)C(=S)NC1c1ccc(NC(=O)CC)cc1. The minimum absolute atomic E-state index is 0.0451. The van der Waals surface area contributed by atoms with E-state index in [4.69, 9.17) is 17.0 Å². The lowest BCUT2D eigenvalue weighted by Gasteiger charge is -2.37. The molecule has 0 radical (unpaired) electrons. The number of anilines is 1. The molecule has 0 saturated heterocycles. The van der Waals surface area contributed by atoms with Crippen molar-refractivity contribution in [3.8, 4) is 0 Å². The maximum Gasteiger partial charge on any atom is 0.338 e. The van der Waals surface area contributed by atoms with Gasteiger partial charge in [0.25, 0.3) is 0 Å². The molecule has 0 fully saturated rings. The van der Waals surface area contributed by atoms with Crippen LogP contribution in [-0.4, -0.2) is 35.0 Å². The molecule has 1 heterocycles. The minimum atomic E-state index is -0.389. The van der Waals surface area contributed by atoms with Gasteiger partial charge in [-0.05, 0) is 50.7 Å².